The topological polar surface area (TPSA) is 37.3 Å². The smallest absolute Gasteiger partial charge is 0.183 e. The number of rotatable bonds is 2. The molecule has 1 aliphatic rings. The molecule has 4 heteroatoms. The molecule has 3 nitrogen and oxygen atoms in total. The Morgan fingerprint density at radius 1 is 1.47 bits per heavy atom. The number of fused-ring (bicyclic) bond motifs is 1. The van der Waals surface area contributed by atoms with Crippen LogP contribution in [0.1, 0.15) is 25.0 Å². The van der Waals surface area contributed by atoms with E-state index in [2.05, 4.69) is 22.9 Å². The molecule has 3 heterocycles. The monoisotopic (exact) mass is 248 g/mol. The van der Waals surface area contributed by atoms with Crippen molar-refractivity contribution in [3.8, 4) is 0 Å². The lowest BCUT2D eigenvalue weighted by Gasteiger charge is -2.20. The number of aromatic nitrogens is 2. The Kier molecular flexibility index (Phi) is 2.97. The second-order valence-electron chi connectivity index (χ2n) is 4.63. The number of hydrogen-bond acceptors (Lipinski definition) is 2. The number of H-pyrrole nitrogens is 1. The number of thioether (sulfide) groups is 1. The maximum atomic E-state index is 11.2. The van der Waals surface area contributed by atoms with Crippen molar-refractivity contribution in [3.63, 3.8) is 0 Å². The molecule has 0 spiro atoms. The predicted octanol–water partition coefficient (Wildman–Crippen LogP) is 2.46. The summed E-state index contributed by atoms with van der Waals surface area (Å²) in [6, 6.07) is 3.25. The van der Waals surface area contributed by atoms with Gasteiger partial charge in [-0.05, 0) is 18.6 Å². The Morgan fingerprint density at radius 3 is 3.24 bits per heavy atom. The SMILES string of the molecule is O=c1ccn2cc(CC3CCCCS3)[nH]c2c1. The first-order chi connectivity index (χ1) is 8.31. The highest BCUT2D eigenvalue weighted by Crippen LogP contribution is 2.27. The van der Waals surface area contributed by atoms with Crippen LogP contribution >= 0.6 is 11.8 Å². The fraction of sp³-hybridized carbons (Fsp3) is 0.462. The van der Waals surface area contributed by atoms with Gasteiger partial charge in [-0.15, -0.1) is 0 Å². The summed E-state index contributed by atoms with van der Waals surface area (Å²) >= 11 is 2.08. The van der Waals surface area contributed by atoms with Crippen LogP contribution in [0.2, 0.25) is 0 Å². The summed E-state index contributed by atoms with van der Waals surface area (Å²) < 4.78 is 1.99. The zero-order valence-corrected chi connectivity index (χ0v) is 10.5. The Morgan fingerprint density at radius 2 is 2.41 bits per heavy atom. The van der Waals surface area contributed by atoms with Crippen molar-refractivity contribution < 1.29 is 0 Å². The zero-order valence-electron chi connectivity index (χ0n) is 9.69. The van der Waals surface area contributed by atoms with Crippen LogP contribution in [-0.4, -0.2) is 20.4 Å². The number of pyridine rings is 1. The maximum Gasteiger partial charge on any atom is 0.183 e. The maximum absolute atomic E-state index is 11.2. The summed E-state index contributed by atoms with van der Waals surface area (Å²) in [5.41, 5.74) is 2.19. The first-order valence-electron chi connectivity index (χ1n) is 6.13. The van der Waals surface area contributed by atoms with Crippen LogP contribution in [0, 0.1) is 0 Å². The first kappa shape index (κ1) is 11.0. The molecule has 0 amide bonds. The quantitative estimate of drug-likeness (QED) is 0.886. The third-order valence-corrected chi connectivity index (χ3v) is 4.66. The van der Waals surface area contributed by atoms with E-state index in [1.165, 1.54) is 30.7 Å². The molecule has 2 aromatic rings. The lowest BCUT2D eigenvalue weighted by atomic mass is 10.1. The number of hydrogen-bond donors (Lipinski definition) is 1. The van der Waals surface area contributed by atoms with Crippen LogP contribution in [-0.2, 0) is 6.42 Å². The highest BCUT2D eigenvalue weighted by atomic mass is 32.2. The molecule has 0 saturated carbocycles. The van der Waals surface area contributed by atoms with Gasteiger partial charge in [0.15, 0.2) is 5.43 Å². The molecule has 1 N–H and O–H groups in total. The molecule has 0 radical (unpaired) electrons. The minimum absolute atomic E-state index is 0.0606. The van der Waals surface area contributed by atoms with Crippen molar-refractivity contribution in [2.24, 2.45) is 0 Å². The van der Waals surface area contributed by atoms with Gasteiger partial charge in [-0.1, -0.05) is 6.42 Å². The molecule has 1 atom stereocenters. The van der Waals surface area contributed by atoms with Crippen LogP contribution in [0.25, 0.3) is 5.65 Å². The van der Waals surface area contributed by atoms with Gasteiger partial charge in [0.25, 0.3) is 0 Å². The average Bonchev–Trinajstić information content (AvgIpc) is 2.71. The number of nitrogens with one attached hydrogen (secondary N) is 1. The summed E-state index contributed by atoms with van der Waals surface area (Å²) in [5.74, 6) is 1.29. The van der Waals surface area contributed by atoms with Crippen molar-refractivity contribution in [3.05, 3.63) is 40.4 Å². The third kappa shape index (κ3) is 2.41. The molecule has 1 fully saturated rings. The molecule has 17 heavy (non-hydrogen) atoms. The molecular formula is C13H16N2OS. The summed E-state index contributed by atoms with van der Waals surface area (Å²) in [6.07, 6.45) is 9.05. The van der Waals surface area contributed by atoms with Gasteiger partial charge in [0.05, 0.1) is 0 Å². The van der Waals surface area contributed by atoms with E-state index in [0.717, 1.165) is 17.3 Å². The largest absolute Gasteiger partial charge is 0.343 e. The predicted molar refractivity (Wildman–Crippen MR) is 71.8 cm³/mol. The van der Waals surface area contributed by atoms with Gasteiger partial charge >= 0.3 is 0 Å². The minimum atomic E-state index is 0.0606. The van der Waals surface area contributed by atoms with Crippen molar-refractivity contribution in [2.75, 3.05) is 5.75 Å². The molecule has 3 rings (SSSR count). The molecule has 90 valence electrons. The van der Waals surface area contributed by atoms with E-state index in [4.69, 9.17) is 0 Å². The molecule has 0 bridgehead atoms. The van der Waals surface area contributed by atoms with E-state index in [0.29, 0.717) is 0 Å². The van der Waals surface area contributed by atoms with Crippen molar-refractivity contribution in [1.82, 2.24) is 9.38 Å². The molecule has 0 aromatic carbocycles. The van der Waals surface area contributed by atoms with Crippen molar-refractivity contribution >= 4 is 17.4 Å². The lowest BCUT2D eigenvalue weighted by molar-refractivity contribution is 0.656. The average molecular weight is 248 g/mol. The van der Waals surface area contributed by atoms with E-state index in [1.54, 1.807) is 12.1 Å². The number of imidazole rings is 1. The van der Waals surface area contributed by atoms with Gasteiger partial charge in [0.2, 0.25) is 0 Å². The lowest BCUT2D eigenvalue weighted by Crippen LogP contribution is -2.12. The van der Waals surface area contributed by atoms with Crippen LogP contribution in [0.4, 0.5) is 0 Å². The third-order valence-electron chi connectivity index (χ3n) is 3.26. The number of aromatic amines is 1. The second-order valence-corrected chi connectivity index (χ2v) is 6.04. The van der Waals surface area contributed by atoms with E-state index in [9.17, 15) is 4.79 Å². The Bertz CT molecular complexity index is 566. The van der Waals surface area contributed by atoms with Crippen LogP contribution in [0.3, 0.4) is 0 Å². The van der Waals surface area contributed by atoms with E-state index in [-0.39, 0.29) is 5.43 Å². The Balaban J connectivity index is 1.82. The van der Waals surface area contributed by atoms with Crippen molar-refractivity contribution in [2.45, 2.75) is 30.9 Å². The van der Waals surface area contributed by atoms with Gasteiger partial charge in [-0.3, -0.25) is 4.79 Å². The van der Waals surface area contributed by atoms with Gasteiger partial charge in [-0.25, -0.2) is 0 Å². The highest BCUT2D eigenvalue weighted by molar-refractivity contribution is 7.99. The standard InChI is InChI=1S/C13H16N2OS/c16-11-4-5-15-9-10(14-13(15)8-11)7-12-3-1-2-6-17-12/h4-5,8-9,12,14H,1-3,6-7H2. The van der Waals surface area contributed by atoms with E-state index in [1.807, 2.05) is 10.6 Å². The van der Waals surface area contributed by atoms with Gasteiger partial charge in [0.1, 0.15) is 5.65 Å². The van der Waals surface area contributed by atoms with E-state index >= 15 is 0 Å². The zero-order chi connectivity index (χ0) is 11.7. The Hall–Kier alpha value is -1.16. The summed E-state index contributed by atoms with van der Waals surface area (Å²) in [4.78, 5) is 14.6. The van der Waals surface area contributed by atoms with Crippen molar-refractivity contribution in [1.29, 1.82) is 0 Å². The summed E-state index contributed by atoms with van der Waals surface area (Å²) in [6.45, 7) is 0. The molecule has 0 aliphatic carbocycles. The fourth-order valence-corrected chi connectivity index (χ4v) is 3.72. The highest BCUT2D eigenvalue weighted by Gasteiger charge is 2.15. The molecule has 2 aromatic heterocycles. The fourth-order valence-electron chi connectivity index (χ4n) is 2.39. The first-order valence-corrected chi connectivity index (χ1v) is 7.18. The summed E-state index contributed by atoms with van der Waals surface area (Å²) in [7, 11) is 0. The number of nitrogens with zero attached hydrogens (tertiary/aromatic N) is 1. The molecule has 1 saturated heterocycles. The van der Waals surface area contributed by atoms with Gasteiger partial charge in [0, 0.05) is 41.9 Å². The van der Waals surface area contributed by atoms with Gasteiger partial charge < -0.3 is 9.38 Å². The van der Waals surface area contributed by atoms with Gasteiger partial charge in [-0.2, -0.15) is 11.8 Å². The molecule has 1 aliphatic heterocycles. The normalized spacial score (nSPS) is 20.8. The van der Waals surface area contributed by atoms with E-state index < -0.39 is 0 Å². The minimum Gasteiger partial charge on any atom is -0.343 e. The summed E-state index contributed by atoms with van der Waals surface area (Å²) in [5, 5.41) is 0.740. The van der Waals surface area contributed by atoms with Crippen LogP contribution in [0.5, 0.6) is 0 Å². The second kappa shape index (κ2) is 4.61. The van der Waals surface area contributed by atoms with Crippen LogP contribution < -0.4 is 5.43 Å². The van der Waals surface area contributed by atoms with Crippen LogP contribution in [0.15, 0.2) is 29.3 Å². The molecular weight excluding hydrogens is 232 g/mol. The molecule has 1 unspecified atom stereocenters. The Labute approximate surface area is 104 Å².